The normalized spacial score (nSPS) is 17.1. The largest absolute Gasteiger partial charge is 0.451 e. The number of piperidine rings is 1. The second-order valence-corrected chi connectivity index (χ2v) is 5.53. The fourth-order valence-corrected chi connectivity index (χ4v) is 2.30. The van der Waals surface area contributed by atoms with Crippen molar-refractivity contribution in [1.29, 1.82) is 0 Å². The Morgan fingerprint density at radius 1 is 1.29 bits per heavy atom. The predicted octanol–water partition coefficient (Wildman–Crippen LogP) is 3.55. The topological polar surface area (TPSA) is 41.0 Å². The number of anilines is 2. The SMILES string of the molecule is CCCNc1cc(N2CCC(C)CC2)nc(C(F)(F)F)n1. The van der Waals surface area contributed by atoms with Gasteiger partial charge in [0.05, 0.1) is 0 Å². The summed E-state index contributed by atoms with van der Waals surface area (Å²) in [5, 5.41) is 2.92. The number of alkyl halides is 3. The van der Waals surface area contributed by atoms with Crippen molar-refractivity contribution in [1.82, 2.24) is 9.97 Å². The lowest BCUT2D eigenvalue weighted by atomic mass is 9.99. The van der Waals surface area contributed by atoms with Crippen LogP contribution in [0.15, 0.2) is 6.07 Å². The van der Waals surface area contributed by atoms with Crippen molar-refractivity contribution in [2.45, 2.75) is 39.3 Å². The number of halogens is 3. The molecule has 0 bridgehead atoms. The zero-order valence-electron chi connectivity index (χ0n) is 12.4. The number of nitrogens with one attached hydrogen (secondary N) is 1. The molecule has 1 aliphatic heterocycles. The zero-order valence-corrected chi connectivity index (χ0v) is 12.4. The van der Waals surface area contributed by atoms with E-state index in [0.717, 1.165) is 32.4 Å². The van der Waals surface area contributed by atoms with E-state index in [1.54, 1.807) is 6.07 Å². The Labute approximate surface area is 122 Å². The van der Waals surface area contributed by atoms with E-state index in [4.69, 9.17) is 0 Å². The second-order valence-electron chi connectivity index (χ2n) is 5.53. The Morgan fingerprint density at radius 3 is 2.52 bits per heavy atom. The van der Waals surface area contributed by atoms with E-state index in [0.29, 0.717) is 18.3 Å². The van der Waals surface area contributed by atoms with Crippen LogP contribution in [0.25, 0.3) is 0 Å². The molecule has 1 aromatic heterocycles. The monoisotopic (exact) mass is 302 g/mol. The van der Waals surface area contributed by atoms with Crippen LogP contribution in [0.3, 0.4) is 0 Å². The Balaban J connectivity index is 2.26. The highest BCUT2D eigenvalue weighted by atomic mass is 19.4. The molecule has 0 spiro atoms. The van der Waals surface area contributed by atoms with Crippen LogP contribution in [0.5, 0.6) is 0 Å². The van der Waals surface area contributed by atoms with Crippen LogP contribution < -0.4 is 10.2 Å². The van der Waals surface area contributed by atoms with E-state index in [1.165, 1.54) is 0 Å². The van der Waals surface area contributed by atoms with Crippen molar-refractivity contribution in [3.8, 4) is 0 Å². The van der Waals surface area contributed by atoms with Gasteiger partial charge in [-0.05, 0) is 25.2 Å². The number of aromatic nitrogens is 2. The molecule has 0 atom stereocenters. The molecular formula is C14H21F3N4. The molecular weight excluding hydrogens is 281 g/mol. The molecule has 1 fully saturated rings. The molecule has 0 unspecified atom stereocenters. The molecule has 1 aromatic rings. The van der Waals surface area contributed by atoms with Gasteiger partial charge in [0, 0.05) is 25.7 Å². The summed E-state index contributed by atoms with van der Waals surface area (Å²) in [6.07, 6.45) is -1.75. The van der Waals surface area contributed by atoms with Gasteiger partial charge in [-0.1, -0.05) is 13.8 Å². The molecule has 0 radical (unpaired) electrons. The third-order valence-corrected chi connectivity index (χ3v) is 3.63. The molecule has 1 saturated heterocycles. The van der Waals surface area contributed by atoms with Gasteiger partial charge in [-0.3, -0.25) is 0 Å². The maximum absolute atomic E-state index is 12.9. The van der Waals surface area contributed by atoms with Crippen LogP contribution in [0, 0.1) is 5.92 Å². The van der Waals surface area contributed by atoms with Crippen LogP contribution >= 0.6 is 0 Å². The summed E-state index contributed by atoms with van der Waals surface area (Å²) < 4.78 is 38.8. The van der Waals surface area contributed by atoms with E-state index >= 15 is 0 Å². The highest BCUT2D eigenvalue weighted by Gasteiger charge is 2.36. The van der Waals surface area contributed by atoms with Crippen molar-refractivity contribution < 1.29 is 13.2 Å². The van der Waals surface area contributed by atoms with E-state index in [-0.39, 0.29) is 5.82 Å². The Bertz CT molecular complexity index is 468. The van der Waals surface area contributed by atoms with Crippen LogP contribution in [-0.2, 0) is 6.18 Å². The first-order chi connectivity index (χ1) is 9.90. The maximum atomic E-state index is 12.9. The standard InChI is InChI=1S/C14H21F3N4/c1-3-6-18-11-9-12(20-13(19-11)14(15,16)17)21-7-4-10(2)5-8-21/h9-10H,3-8H2,1-2H3,(H,18,19,20). The Hall–Kier alpha value is -1.53. The smallest absolute Gasteiger partial charge is 0.370 e. The minimum Gasteiger partial charge on any atom is -0.370 e. The van der Waals surface area contributed by atoms with Crippen molar-refractivity contribution in [2.75, 3.05) is 29.9 Å². The average molecular weight is 302 g/mol. The van der Waals surface area contributed by atoms with Crippen LogP contribution in [0.1, 0.15) is 38.9 Å². The summed E-state index contributed by atoms with van der Waals surface area (Å²) in [5.41, 5.74) is 0. The lowest BCUT2D eigenvalue weighted by molar-refractivity contribution is -0.144. The number of hydrogen-bond acceptors (Lipinski definition) is 4. The van der Waals surface area contributed by atoms with E-state index < -0.39 is 12.0 Å². The average Bonchev–Trinajstić information content (AvgIpc) is 2.44. The Morgan fingerprint density at radius 2 is 1.95 bits per heavy atom. The molecule has 0 saturated carbocycles. The quantitative estimate of drug-likeness (QED) is 0.923. The molecule has 21 heavy (non-hydrogen) atoms. The first kappa shape index (κ1) is 15.9. The van der Waals surface area contributed by atoms with Gasteiger partial charge >= 0.3 is 6.18 Å². The first-order valence-electron chi connectivity index (χ1n) is 7.35. The highest BCUT2D eigenvalue weighted by molar-refractivity contribution is 5.50. The van der Waals surface area contributed by atoms with Gasteiger partial charge in [0.25, 0.3) is 0 Å². The zero-order chi connectivity index (χ0) is 15.5. The summed E-state index contributed by atoms with van der Waals surface area (Å²) in [4.78, 5) is 9.20. The minimum absolute atomic E-state index is 0.243. The lowest BCUT2D eigenvalue weighted by Crippen LogP contribution is -2.34. The van der Waals surface area contributed by atoms with Crippen LogP contribution in [-0.4, -0.2) is 29.6 Å². The maximum Gasteiger partial charge on any atom is 0.451 e. The molecule has 2 heterocycles. The van der Waals surface area contributed by atoms with Crippen molar-refractivity contribution in [2.24, 2.45) is 5.92 Å². The van der Waals surface area contributed by atoms with Crippen molar-refractivity contribution in [3.05, 3.63) is 11.9 Å². The van der Waals surface area contributed by atoms with Crippen molar-refractivity contribution >= 4 is 11.6 Å². The van der Waals surface area contributed by atoms with Crippen molar-refractivity contribution in [3.63, 3.8) is 0 Å². The van der Waals surface area contributed by atoms with Gasteiger partial charge < -0.3 is 10.2 Å². The second kappa shape index (κ2) is 6.49. The highest BCUT2D eigenvalue weighted by Crippen LogP contribution is 2.30. The summed E-state index contributed by atoms with van der Waals surface area (Å²) in [7, 11) is 0. The van der Waals surface area contributed by atoms with E-state index in [1.807, 2.05) is 11.8 Å². The third kappa shape index (κ3) is 4.22. The molecule has 2 rings (SSSR count). The Kier molecular flexibility index (Phi) is 4.90. The van der Waals surface area contributed by atoms with E-state index in [9.17, 15) is 13.2 Å². The first-order valence-corrected chi connectivity index (χ1v) is 7.35. The van der Waals surface area contributed by atoms with Gasteiger partial charge in [0.1, 0.15) is 11.6 Å². The molecule has 118 valence electrons. The summed E-state index contributed by atoms with van der Waals surface area (Å²) in [6, 6.07) is 1.61. The molecule has 7 heteroatoms. The van der Waals surface area contributed by atoms with Gasteiger partial charge in [-0.15, -0.1) is 0 Å². The molecule has 0 aliphatic carbocycles. The molecule has 4 nitrogen and oxygen atoms in total. The summed E-state index contributed by atoms with van der Waals surface area (Å²) in [5.74, 6) is 0.149. The van der Waals surface area contributed by atoms with E-state index in [2.05, 4.69) is 22.2 Å². The number of nitrogens with zero attached hydrogens (tertiary/aromatic N) is 3. The van der Waals surface area contributed by atoms with Crippen LogP contribution in [0.2, 0.25) is 0 Å². The minimum atomic E-state index is -4.53. The van der Waals surface area contributed by atoms with Gasteiger partial charge in [0.15, 0.2) is 0 Å². The fraction of sp³-hybridized carbons (Fsp3) is 0.714. The van der Waals surface area contributed by atoms with Crippen LogP contribution in [0.4, 0.5) is 24.8 Å². The molecule has 1 aliphatic rings. The van der Waals surface area contributed by atoms with Gasteiger partial charge in [0.2, 0.25) is 5.82 Å². The number of rotatable bonds is 4. The lowest BCUT2D eigenvalue weighted by Gasteiger charge is -2.31. The molecule has 1 N–H and O–H groups in total. The molecule has 0 aromatic carbocycles. The molecule has 0 amide bonds. The third-order valence-electron chi connectivity index (χ3n) is 3.63. The predicted molar refractivity (Wildman–Crippen MR) is 76.4 cm³/mol. The summed E-state index contributed by atoms with van der Waals surface area (Å²) >= 11 is 0. The summed E-state index contributed by atoms with van der Waals surface area (Å²) in [6.45, 7) is 6.18. The van der Waals surface area contributed by atoms with Gasteiger partial charge in [-0.2, -0.15) is 13.2 Å². The van der Waals surface area contributed by atoms with Gasteiger partial charge in [-0.25, -0.2) is 9.97 Å². The fourth-order valence-electron chi connectivity index (χ4n) is 2.30. The number of hydrogen-bond donors (Lipinski definition) is 1.